The lowest BCUT2D eigenvalue weighted by molar-refractivity contribution is -0.133. The number of piperazine rings is 1. The van der Waals surface area contributed by atoms with Crippen LogP contribution in [0.5, 0.6) is 0 Å². The van der Waals surface area contributed by atoms with Gasteiger partial charge in [0.25, 0.3) is 5.56 Å². The third-order valence-corrected chi connectivity index (χ3v) is 5.99. The van der Waals surface area contributed by atoms with E-state index in [9.17, 15) is 14.4 Å². The lowest BCUT2D eigenvalue weighted by Crippen LogP contribution is -2.49. The highest BCUT2D eigenvalue weighted by Gasteiger charge is 2.23. The number of pyridine rings is 1. The number of anilines is 2. The highest BCUT2D eigenvalue weighted by atomic mass is 16.2. The van der Waals surface area contributed by atoms with Gasteiger partial charge >= 0.3 is 0 Å². The van der Waals surface area contributed by atoms with Crippen molar-refractivity contribution in [2.45, 2.75) is 19.8 Å². The number of hydrogen-bond donors (Lipinski definition) is 1. The fourth-order valence-electron chi connectivity index (χ4n) is 4.02. The number of carbonyl (C=O) groups is 2. The van der Waals surface area contributed by atoms with Gasteiger partial charge in [0.1, 0.15) is 11.5 Å². The molecule has 1 saturated heterocycles. The summed E-state index contributed by atoms with van der Waals surface area (Å²) in [4.78, 5) is 46.4. The standard InChI is InChI=1S/C24H28N6O3/c1-18-23(24(33)30(27(18)2)19-8-4-3-5-9-19)26-21(31)11-12-22(32)29-16-14-28(15-17-29)20-10-6-7-13-25-20/h3-10,13H,11-12,14-17H2,1-2H3,(H,26,31). The average Bonchev–Trinajstić information content (AvgIpc) is 3.06. The normalized spacial score (nSPS) is 13.8. The van der Waals surface area contributed by atoms with E-state index in [1.807, 2.05) is 48.5 Å². The Morgan fingerprint density at radius 1 is 0.970 bits per heavy atom. The largest absolute Gasteiger partial charge is 0.353 e. The second-order valence-electron chi connectivity index (χ2n) is 8.04. The maximum absolute atomic E-state index is 12.9. The van der Waals surface area contributed by atoms with Gasteiger partial charge in [0, 0.05) is 52.3 Å². The van der Waals surface area contributed by atoms with Crippen LogP contribution in [-0.2, 0) is 16.6 Å². The number of aromatic nitrogens is 3. The van der Waals surface area contributed by atoms with Gasteiger partial charge < -0.3 is 15.1 Å². The molecule has 0 atom stereocenters. The molecule has 0 saturated carbocycles. The topological polar surface area (TPSA) is 92.5 Å². The Bertz CT molecular complexity index is 1180. The second kappa shape index (κ2) is 9.72. The van der Waals surface area contributed by atoms with Gasteiger partial charge in [0.2, 0.25) is 11.8 Å². The number of nitrogens with one attached hydrogen (secondary N) is 1. The summed E-state index contributed by atoms with van der Waals surface area (Å²) in [7, 11) is 1.77. The molecular formula is C24H28N6O3. The van der Waals surface area contributed by atoms with Crippen molar-refractivity contribution in [2.24, 2.45) is 7.05 Å². The molecule has 0 radical (unpaired) electrons. The van der Waals surface area contributed by atoms with E-state index >= 15 is 0 Å². The summed E-state index contributed by atoms with van der Waals surface area (Å²) in [5, 5.41) is 2.72. The summed E-state index contributed by atoms with van der Waals surface area (Å²) in [6, 6.07) is 15.0. The first-order valence-corrected chi connectivity index (χ1v) is 11.0. The van der Waals surface area contributed by atoms with Crippen molar-refractivity contribution in [1.82, 2.24) is 19.2 Å². The van der Waals surface area contributed by atoms with E-state index in [1.165, 1.54) is 4.68 Å². The van der Waals surface area contributed by atoms with Crippen LogP contribution in [0.2, 0.25) is 0 Å². The molecule has 1 N–H and O–H groups in total. The van der Waals surface area contributed by atoms with E-state index in [0.717, 1.165) is 5.82 Å². The smallest absolute Gasteiger partial charge is 0.295 e. The molecule has 3 heterocycles. The Morgan fingerprint density at radius 3 is 2.33 bits per heavy atom. The van der Waals surface area contributed by atoms with Crippen molar-refractivity contribution >= 4 is 23.3 Å². The summed E-state index contributed by atoms with van der Waals surface area (Å²) in [5.41, 5.74) is 1.30. The van der Waals surface area contributed by atoms with E-state index < -0.39 is 0 Å². The molecule has 0 unspecified atom stereocenters. The number of hydrogen-bond acceptors (Lipinski definition) is 5. The third kappa shape index (κ3) is 4.82. The van der Waals surface area contributed by atoms with Gasteiger partial charge in [-0.3, -0.25) is 19.1 Å². The fourth-order valence-corrected chi connectivity index (χ4v) is 4.02. The van der Waals surface area contributed by atoms with Crippen LogP contribution in [0, 0.1) is 6.92 Å². The molecule has 4 rings (SSSR count). The molecule has 1 aliphatic heterocycles. The molecule has 0 aliphatic carbocycles. The van der Waals surface area contributed by atoms with E-state index in [2.05, 4.69) is 15.2 Å². The van der Waals surface area contributed by atoms with Gasteiger partial charge in [0.15, 0.2) is 0 Å². The quantitative estimate of drug-likeness (QED) is 0.622. The zero-order valence-electron chi connectivity index (χ0n) is 18.9. The number of rotatable bonds is 6. The van der Waals surface area contributed by atoms with Crippen LogP contribution in [0.4, 0.5) is 11.5 Å². The van der Waals surface area contributed by atoms with E-state index in [0.29, 0.717) is 37.6 Å². The van der Waals surface area contributed by atoms with Crippen molar-refractivity contribution < 1.29 is 9.59 Å². The molecule has 2 aromatic heterocycles. The maximum Gasteiger partial charge on any atom is 0.295 e. The molecule has 9 heteroatoms. The molecule has 1 aromatic carbocycles. The molecule has 1 aliphatic rings. The molecule has 1 fully saturated rings. The second-order valence-corrected chi connectivity index (χ2v) is 8.04. The van der Waals surface area contributed by atoms with Crippen LogP contribution in [0.1, 0.15) is 18.5 Å². The van der Waals surface area contributed by atoms with Crippen LogP contribution in [0.3, 0.4) is 0 Å². The molecule has 0 spiro atoms. The predicted octanol–water partition coefficient (Wildman–Crippen LogP) is 1.95. The summed E-state index contributed by atoms with van der Waals surface area (Å²) in [5.74, 6) is 0.502. The van der Waals surface area contributed by atoms with Crippen LogP contribution < -0.4 is 15.8 Å². The lowest BCUT2D eigenvalue weighted by atomic mass is 10.2. The van der Waals surface area contributed by atoms with Gasteiger partial charge in [-0.1, -0.05) is 24.3 Å². The minimum atomic E-state index is -0.346. The molecule has 2 amide bonds. The van der Waals surface area contributed by atoms with Crippen molar-refractivity contribution in [3.8, 4) is 5.69 Å². The Hall–Kier alpha value is -3.88. The number of amides is 2. The van der Waals surface area contributed by atoms with E-state index in [1.54, 1.807) is 29.7 Å². The van der Waals surface area contributed by atoms with E-state index in [4.69, 9.17) is 0 Å². The number of benzene rings is 1. The van der Waals surface area contributed by atoms with Crippen molar-refractivity contribution in [3.05, 3.63) is 70.8 Å². The Kier molecular flexibility index (Phi) is 6.58. The van der Waals surface area contributed by atoms with Crippen LogP contribution in [0.15, 0.2) is 59.5 Å². The highest BCUT2D eigenvalue weighted by molar-refractivity contribution is 5.93. The third-order valence-electron chi connectivity index (χ3n) is 5.99. The van der Waals surface area contributed by atoms with Crippen LogP contribution in [-0.4, -0.2) is 57.2 Å². The van der Waals surface area contributed by atoms with E-state index in [-0.39, 0.29) is 35.9 Å². The van der Waals surface area contributed by atoms with Crippen molar-refractivity contribution in [1.29, 1.82) is 0 Å². The molecule has 0 bridgehead atoms. The fraction of sp³-hybridized carbons (Fsp3) is 0.333. The Balaban J connectivity index is 1.32. The zero-order chi connectivity index (χ0) is 23.4. The minimum Gasteiger partial charge on any atom is -0.353 e. The molecular weight excluding hydrogens is 420 g/mol. The molecule has 9 nitrogen and oxygen atoms in total. The van der Waals surface area contributed by atoms with Crippen LogP contribution >= 0.6 is 0 Å². The molecule has 33 heavy (non-hydrogen) atoms. The number of para-hydroxylation sites is 1. The van der Waals surface area contributed by atoms with Gasteiger partial charge in [-0.15, -0.1) is 0 Å². The van der Waals surface area contributed by atoms with Crippen LogP contribution in [0.25, 0.3) is 5.69 Å². The molecule has 172 valence electrons. The number of nitrogens with zero attached hydrogens (tertiary/aromatic N) is 5. The molecule has 3 aromatic rings. The SMILES string of the molecule is Cc1c(NC(=O)CCC(=O)N2CCN(c3ccccn3)CC2)c(=O)n(-c2ccccc2)n1C. The first-order valence-electron chi connectivity index (χ1n) is 11.0. The van der Waals surface area contributed by atoms with Crippen molar-refractivity contribution in [3.63, 3.8) is 0 Å². The van der Waals surface area contributed by atoms with Crippen molar-refractivity contribution in [2.75, 3.05) is 36.4 Å². The summed E-state index contributed by atoms with van der Waals surface area (Å²) >= 11 is 0. The summed E-state index contributed by atoms with van der Waals surface area (Å²) in [6.07, 6.45) is 1.89. The minimum absolute atomic E-state index is 0.0262. The van der Waals surface area contributed by atoms with Gasteiger partial charge in [-0.2, -0.15) is 0 Å². The predicted molar refractivity (Wildman–Crippen MR) is 127 cm³/mol. The first kappa shape index (κ1) is 22.3. The summed E-state index contributed by atoms with van der Waals surface area (Å²) in [6.45, 7) is 4.38. The maximum atomic E-state index is 12.9. The first-order chi connectivity index (χ1) is 16.0. The Morgan fingerprint density at radius 2 is 1.67 bits per heavy atom. The van der Waals surface area contributed by atoms with Gasteiger partial charge in [-0.25, -0.2) is 9.67 Å². The average molecular weight is 449 g/mol. The highest BCUT2D eigenvalue weighted by Crippen LogP contribution is 2.16. The monoisotopic (exact) mass is 448 g/mol. The zero-order valence-corrected chi connectivity index (χ0v) is 18.9. The summed E-state index contributed by atoms with van der Waals surface area (Å²) < 4.78 is 3.22. The Labute approximate surface area is 192 Å². The van der Waals surface area contributed by atoms with Gasteiger partial charge in [0.05, 0.1) is 11.4 Å². The van der Waals surface area contributed by atoms with Gasteiger partial charge in [-0.05, 0) is 31.2 Å². The lowest BCUT2D eigenvalue weighted by Gasteiger charge is -2.35. The number of carbonyl (C=O) groups excluding carboxylic acids is 2.